The molecule has 0 amide bonds. The minimum Gasteiger partial charge on any atom is -0.478 e. The largest absolute Gasteiger partial charge is 0.478 e. The van der Waals surface area contributed by atoms with Gasteiger partial charge in [0.1, 0.15) is 0 Å². The Kier molecular flexibility index (Phi) is 3.88. The molecular weight excluding hydrogens is 206 g/mol. The van der Waals surface area contributed by atoms with Crippen LogP contribution in [-0.4, -0.2) is 18.2 Å². The summed E-state index contributed by atoms with van der Waals surface area (Å²) in [4.78, 5) is 15.3. The summed E-state index contributed by atoms with van der Waals surface area (Å²) in [6.07, 6.45) is 0. The molecule has 2 N–H and O–H groups in total. The molecule has 1 aromatic carbocycles. The first-order chi connectivity index (χ1) is 6.65. The van der Waals surface area contributed by atoms with Gasteiger partial charge in [-0.1, -0.05) is 11.6 Å². The van der Waals surface area contributed by atoms with Gasteiger partial charge >= 0.3 is 5.97 Å². The third-order valence-corrected chi connectivity index (χ3v) is 2.07. The van der Waals surface area contributed by atoms with Gasteiger partial charge in [0.2, 0.25) is 0 Å². The van der Waals surface area contributed by atoms with Gasteiger partial charge in [-0.05, 0) is 23.8 Å². The summed E-state index contributed by atoms with van der Waals surface area (Å²) in [7, 11) is 1.48. The molecule has 0 aliphatic rings. The number of hydrogen-bond acceptors (Lipinski definition) is 3. The van der Waals surface area contributed by atoms with Crippen molar-refractivity contribution in [3.63, 3.8) is 0 Å². The van der Waals surface area contributed by atoms with Crippen molar-refractivity contribution in [1.82, 2.24) is 5.48 Å². The highest BCUT2D eigenvalue weighted by molar-refractivity contribution is 6.31. The number of aromatic carboxylic acids is 1. The van der Waals surface area contributed by atoms with Crippen molar-refractivity contribution in [2.24, 2.45) is 0 Å². The van der Waals surface area contributed by atoms with Crippen LogP contribution in [0.2, 0.25) is 5.02 Å². The number of carbonyl (C=O) groups is 1. The summed E-state index contributed by atoms with van der Waals surface area (Å²) in [6.45, 7) is 0.371. The Morgan fingerprint density at radius 2 is 2.36 bits per heavy atom. The summed E-state index contributed by atoms with van der Waals surface area (Å²) in [5, 5.41) is 9.24. The molecule has 0 saturated heterocycles. The number of halogens is 1. The standard InChI is InChI=1S/C9H10ClNO3/c1-14-11-5-7-4-6(9(12)13)2-3-8(7)10/h2-4,11H,5H2,1H3,(H,12,13). The summed E-state index contributed by atoms with van der Waals surface area (Å²) < 4.78 is 0. The zero-order valence-electron chi connectivity index (χ0n) is 7.58. The highest BCUT2D eigenvalue weighted by atomic mass is 35.5. The zero-order chi connectivity index (χ0) is 10.6. The number of rotatable bonds is 4. The van der Waals surface area contributed by atoms with E-state index in [1.54, 1.807) is 6.07 Å². The van der Waals surface area contributed by atoms with Gasteiger partial charge in [0.05, 0.1) is 12.7 Å². The zero-order valence-corrected chi connectivity index (χ0v) is 8.34. The quantitative estimate of drug-likeness (QED) is 0.751. The highest BCUT2D eigenvalue weighted by Crippen LogP contribution is 2.17. The van der Waals surface area contributed by atoms with Crippen molar-refractivity contribution in [1.29, 1.82) is 0 Å². The molecule has 0 unspecified atom stereocenters. The van der Waals surface area contributed by atoms with Gasteiger partial charge in [0.15, 0.2) is 0 Å². The summed E-state index contributed by atoms with van der Waals surface area (Å²) in [5.41, 5.74) is 3.49. The third-order valence-electron chi connectivity index (χ3n) is 1.70. The first kappa shape index (κ1) is 11.0. The number of hydroxylamine groups is 1. The summed E-state index contributed by atoms with van der Waals surface area (Å²) in [5.74, 6) is -0.972. The van der Waals surface area contributed by atoms with Crippen LogP contribution in [0.5, 0.6) is 0 Å². The number of nitrogens with one attached hydrogen (secondary N) is 1. The van der Waals surface area contributed by atoms with E-state index in [-0.39, 0.29) is 5.56 Å². The Balaban J connectivity index is 2.90. The van der Waals surface area contributed by atoms with Crippen LogP contribution in [0.25, 0.3) is 0 Å². The van der Waals surface area contributed by atoms with E-state index in [9.17, 15) is 4.79 Å². The molecule has 0 atom stereocenters. The van der Waals surface area contributed by atoms with Gasteiger partial charge in [0.25, 0.3) is 0 Å². The van der Waals surface area contributed by atoms with Crippen molar-refractivity contribution in [2.75, 3.05) is 7.11 Å². The molecule has 0 aliphatic heterocycles. The maximum Gasteiger partial charge on any atom is 0.335 e. The Morgan fingerprint density at radius 1 is 1.64 bits per heavy atom. The Bertz CT molecular complexity index is 341. The molecule has 0 radical (unpaired) electrons. The lowest BCUT2D eigenvalue weighted by Crippen LogP contribution is -2.11. The minimum absolute atomic E-state index is 0.210. The van der Waals surface area contributed by atoms with Crippen LogP contribution >= 0.6 is 11.6 Å². The fourth-order valence-electron chi connectivity index (χ4n) is 0.993. The molecule has 0 spiro atoms. The molecule has 0 heterocycles. The van der Waals surface area contributed by atoms with Gasteiger partial charge in [-0.15, -0.1) is 0 Å². The number of benzene rings is 1. The topological polar surface area (TPSA) is 58.6 Å². The van der Waals surface area contributed by atoms with Crippen LogP contribution in [-0.2, 0) is 11.4 Å². The minimum atomic E-state index is -0.972. The summed E-state index contributed by atoms with van der Waals surface area (Å²) in [6, 6.07) is 4.52. The summed E-state index contributed by atoms with van der Waals surface area (Å²) >= 11 is 5.85. The molecule has 0 bridgehead atoms. The second kappa shape index (κ2) is 4.95. The van der Waals surface area contributed by atoms with Crippen LogP contribution in [0.1, 0.15) is 15.9 Å². The monoisotopic (exact) mass is 215 g/mol. The Morgan fingerprint density at radius 3 is 2.93 bits per heavy atom. The maximum absolute atomic E-state index is 10.6. The van der Waals surface area contributed by atoms with Gasteiger partial charge in [-0.3, -0.25) is 0 Å². The lowest BCUT2D eigenvalue weighted by Gasteiger charge is -2.05. The Labute approximate surface area is 86.4 Å². The normalized spacial score (nSPS) is 10.1. The van der Waals surface area contributed by atoms with Gasteiger partial charge in [0, 0.05) is 11.6 Å². The molecule has 1 rings (SSSR count). The van der Waals surface area contributed by atoms with Crippen molar-refractivity contribution in [3.05, 3.63) is 34.3 Å². The van der Waals surface area contributed by atoms with Crippen LogP contribution in [0, 0.1) is 0 Å². The highest BCUT2D eigenvalue weighted by Gasteiger charge is 2.06. The lowest BCUT2D eigenvalue weighted by molar-refractivity contribution is 0.0696. The van der Waals surface area contributed by atoms with Crippen LogP contribution < -0.4 is 5.48 Å². The van der Waals surface area contributed by atoms with Crippen LogP contribution in [0.3, 0.4) is 0 Å². The molecule has 0 aromatic heterocycles. The van der Waals surface area contributed by atoms with Crippen LogP contribution in [0.15, 0.2) is 18.2 Å². The van der Waals surface area contributed by atoms with Crippen molar-refractivity contribution < 1.29 is 14.7 Å². The van der Waals surface area contributed by atoms with E-state index in [1.807, 2.05) is 0 Å². The molecule has 1 aromatic rings. The number of carboxylic acids is 1. The smallest absolute Gasteiger partial charge is 0.335 e. The molecule has 14 heavy (non-hydrogen) atoms. The Hall–Kier alpha value is -1.10. The van der Waals surface area contributed by atoms with E-state index < -0.39 is 5.97 Å². The first-order valence-electron chi connectivity index (χ1n) is 3.92. The van der Waals surface area contributed by atoms with E-state index in [0.29, 0.717) is 17.1 Å². The first-order valence-corrected chi connectivity index (χ1v) is 4.30. The van der Waals surface area contributed by atoms with Crippen LogP contribution in [0.4, 0.5) is 0 Å². The number of hydrogen-bond donors (Lipinski definition) is 2. The molecule has 0 fully saturated rings. The van der Waals surface area contributed by atoms with E-state index in [2.05, 4.69) is 10.3 Å². The van der Waals surface area contributed by atoms with Gasteiger partial charge in [-0.2, -0.15) is 5.48 Å². The average molecular weight is 216 g/mol. The SMILES string of the molecule is CONCc1cc(C(=O)O)ccc1Cl. The van der Waals surface area contributed by atoms with E-state index in [4.69, 9.17) is 16.7 Å². The maximum atomic E-state index is 10.6. The van der Waals surface area contributed by atoms with Gasteiger partial charge in [-0.25, -0.2) is 4.79 Å². The van der Waals surface area contributed by atoms with E-state index in [1.165, 1.54) is 19.2 Å². The molecule has 76 valence electrons. The van der Waals surface area contributed by atoms with Crippen molar-refractivity contribution in [3.8, 4) is 0 Å². The van der Waals surface area contributed by atoms with Crippen molar-refractivity contribution >= 4 is 17.6 Å². The van der Waals surface area contributed by atoms with E-state index >= 15 is 0 Å². The lowest BCUT2D eigenvalue weighted by atomic mass is 10.1. The van der Waals surface area contributed by atoms with E-state index in [0.717, 1.165) is 0 Å². The fourth-order valence-corrected chi connectivity index (χ4v) is 1.18. The predicted molar refractivity (Wildman–Crippen MR) is 52.3 cm³/mol. The molecule has 0 saturated carbocycles. The predicted octanol–water partition coefficient (Wildman–Crippen LogP) is 1.69. The molecule has 0 aliphatic carbocycles. The van der Waals surface area contributed by atoms with Gasteiger partial charge < -0.3 is 9.94 Å². The average Bonchev–Trinajstić information content (AvgIpc) is 2.16. The second-order valence-corrected chi connectivity index (χ2v) is 3.04. The van der Waals surface area contributed by atoms with Crippen molar-refractivity contribution in [2.45, 2.75) is 6.54 Å². The fraction of sp³-hybridized carbons (Fsp3) is 0.222. The molecule has 5 heteroatoms. The second-order valence-electron chi connectivity index (χ2n) is 2.64. The number of carboxylic acid groups (broad SMARTS) is 1. The third kappa shape index (κ3) is 2.70. The molecule has 4 nitrogen and oxygen atoms in total. The molecular formula is C9H10ClNO3.